The van der Waals surface area contributed by atoms with Gasteiger partial charge in [0.2, 0.25) is 5.91 Å². The van der Waals surface area contributed by atoms with Gasteiger partial charge in [0.05, 0.1) is 17.6 Å². The van der Waals surface area contributed by atoms with Gasteiger partial charge in [-0.1, -0.05) is 41.9 Å². The van der Waals surface area contributed by atoms with Crippen molar-refractivity contribution in [1.29, 1.82) is 0 Å². The van der Waals surface area contributed by atoms with Crippen molar-refractivity contribution in [3.8, 4) is 5.75 Å². The molecule has 5 nitrogen and oxygen atoms in total. The first kappa shape index (κ1) is 20.6. The summed E-state index contributed by atoms with van der Waals surface area (Å²) in [5.74, 6) is 1.99. The quantitative estimate of drug-likeness (QED) is 0.344. The number of hydrogen-bond donors (Lipinski definition) is 0. The minimum absolute atomic E-state index is 0.0623. The number of carbonyl (C=O) groups is 1. The molecule has 6 heteroatoms. The maximum absolute atomic E-state index is 12.8. The van der Waals surface area contributed by atoms with Crippen LogP contribution in [-0.2, 0) is 11.3 Å². The summed E-state index contributed by atoms with van der Waals surface area (Å²) in [5.41, 5.74) is 3.00. The molecular formula is C26H24ClN3O2. The highest BCUT2D eigenvalue weighted by Gasteiger charge is 2.34. The minimum Gasteiger partial charge on any atom is -0.494 e. The molecule has 1 amide bonds. The molecule has 32 heavy (non-hydrogen) atoms. The summed E-state index contributed by atoms with van der Waals surface area (Å²) in [4.78, 5) is 19.6. The van der Waals surface area contributed by atoms with Gasteiger partial charge in [0, 0.05) is 36.1 Å². The predicted octanol–water partition coefficient (Wildman–Crippen LogP) is 5.68. The number of anilines is 1. The van der Waals surface area contributed by atoms with Crippen LogP contribution in [0.3, 0.4) is 0 Å². The summed E-state index contributed by atoms with van der Waals surface area (Å²) in [7, 11) is 0. The van der Waals surface area contributed by atoms with Gasteiger partial charge in [-0.05, 0) is 55.0 Å². The summed E-state index contributed by atoms with van der Waals surface area (Å²) in [6.07, 6.45) is 1.30. The molecule has 3 aromatic carbocycles. The van der Waals surface area contributed by atoms with Crippen LogP contribution in [-0.4, -0.2) is 28.6 Å². The highest BCUT2D eigenvalue weighted by Crippen LogP contribution is 2.33. The van der Waals surface area contributed by atoms with Crippen LogP contribution >= 0.6 is 11.6 Å². The van der Waals surface area contributed by atoms with E-state index in [1.54, 1.807) is 0 Å². The van der Waals surface area contributed by atoms with Crippen LogP contribution in [0, 0.1) is 0 Å². The van der Waals surface area contributed by atoms with E-state index in [9.17, 15) is 4.79 Å². The second-order valence-electron chi connectivity index (χ2n) is 8.01. The molecule has 1 aliphatic rings. The van der Waals surface area contributed by atoms with Gasteiger partial charge >= 0.3 is 0 Å². The summed E-state index contributed by atoms with van der Waals surface area (Å²) in [6.45, 7) is 2.01. The fraction of sp³-hybridized carbons (Fsp3) is 0.231. The number of para-hydroxylation sites is 3. The fourth-order valence-electron chi connectivity index (χ4n) is 4.32. The van der Waals surface area contributed by atoms with Crippen molar-refractivity contribution in [1.82, 2.24) is 9.55 Å². The number of amides is 1. The van der Waals surface area contributed by atoms with Gasteiger partial charge in [-0.15, -0.1) is 0 Å². The average Bonchev–Trinajstić information content (AvgIpc) is 3.39. The second-order valence-corrected chi connectivity index (χ2v) is 8.44. The summed E-state index contributed by atoms with van der Waals surface area (Å²) in [6, 6.07) is 25.4. The number of aryl methyl sites for hydroxylation is 1. The molecule has 4 aromatic rings. The molecule has 2 heterocycles. The van der Waals surface area contributed by atoms with E-state index in [0.717, 1.165) is 41.3 Å². The van der Waals surface area contributed by atoms with Crippen molar-refractivity contribution in [3.05, 3.63) is 89.7 Å². The van der Waals surface area contributed by atoms with Gasteiger partial charge in [-0.2, -0.15) is 0 Å². The first-order valence-electron chi connectivity index (χ1n) is 10.9. The maximum Gasteiger partial charge on any atom is 0.227 e. The van der Waals surface area contributed by atoms with Crippen LogP contribution in [0.4, 0.5) is 5.69 Å². The molecule has 1 atom stereocenters. The highest BCUT2D eigenvalue weighted by atomic mass is 35.5. The normalized spacial score (nSPS) is 16.1. The monoisotopic (exact) mass is 445 g/mol. The lowest BCUT2D eigenvalue weighted by Gasteiger charge is -2.17. The summed E-state index contributed by atoms with van der Waals surface area (Å²) >= 11 is 5.94. The molecule has 0 N–H and O–H groups in total. The third kappa shape index (κ3) is 4.21. The Labute approximate surface area is 192 Å². The van der Waals surface area contributed by atoms with E-state index < -0.39 is 0 Å². The maximum atomic E-state index is 12.8. The van der Waals surface area contributed by atoms with Crippen LogP contribution in [0.5, 0.6) is 5.75 Å². The number of ether oxygens (including phenoxy) is 1. The van der Waals surface area contributed by atoms with E-state index in [4.69, 9.17) is 21.3 Å². The lowest BCUT2D eigenvalue weighted by atomic mass is 10.1. The van der Waals surface area contributed by atoms with Crippen LogP contribution in [0.15, 0.2) is 78.9 Å². The zero-order valence-corrected chi connectivity index (χ0v) is 18.4. The van der Waals surface area contributed by atoms with Crippen molar-refractivity contribution in [2.75, 3.05) is 18.1 Å². The fourth-order valence-corrected chi connectivity index (χ4v) is 4.45. The van der Waals surface area contributed by atoms with Crippen molar-refractivity contribution in [2.24, 2.45) is 0 Å². The topological polar surface area (TPSA) is 47.4 Å². The van der Waals surface area contributed by atoms with Crippen molar-refractivity contribution >= 4 is 34.2 Å². The molecule has 0 bridgehead atoms. The summed E-state index contributed by atoms with van der Waals surface area (Å²) < 4.78 is 8.13. The number of carbonyl (C=O) groups excluding carboxylic acids is 1. The third-order valence-corrected chi connectivity index (χ3v) is 6.10. The van der Waals surface area contributed by atoms with Crippen LogP contribution in [0.1, 0.15) is 24.6 Å². The largest absolute Gasteiger partial charge is 0.494 e. The Morgan fingerprint density at radius 1 is 0.969 bits per heavy atom. The van der Waals surface area contributed by atoms with Crippen molar-refractivity contribution in [3.63, 3.8) is 0 Å². The second kappa shape index (κ2) is 9.05. The van der Waals surface area contributed by atoms with E-state index in [1.807, 2.05) is 77.7 Å². The first-order valence-corrected chi connectivity index (χ1v) is 11.3. The van der Waals surface area contributed by atoms with Gasteiger partial charge in [0.1, 0.15) is 11.6 Å². The molecule has 0 spiro atoms. The number of imidazole rings is 1. The standard InChI is InChI=1S/C26H24ClN3O2/c27-20-11-13-22(14-12-20)32-16-6-15-29-24-10-5-4-9-23(24)28-26(29)19-17-25(31)30(18-19)21-7-2-1-3-8-21/h1-5,7-14,19H,6,15-18H2. The lowest BCUT2D eigenvalue weighted by Crippen LogP contribution is -2.24. The molecule has 5 rings (SSSR count). The van der Waals surface area contributed by atoms with Crippen molar-refractivity contribution in [2.45, 2.75) is 25.3 Å². The number of hydrogen-bond acceptors (Lipinski definition) is 3. The molecule has 0 saturated carbocycles. The van der Waals surface area contributed by atoms with Gasteiger partial charge in [-0.3, -0.25) is 4.79 Å². The number of benzene rings is 3. The smallest absolute Gasteiger partial charge is 0.227 e. The molecule has 0 radical (unpaired) electrons. The van der Waals surface area contributed by atoms with Gasteiger partial charge in [0.15, 0.2) is 0 Å². The first-order chi connectivity index (χ1) is 15.7. The number of rotatable bonds is 7. The van der Waals surface area contributed by atoms with Gasteiger partial charge < -0.3 is 14.2 Å². The molecular weight excluding hydrogens is 422 g/mol. The third-order valence-electron chi connectivity index (χ3n) is 5.85. The Balaban J connectivity index is 1.34. The van der Waals surface area contributed by atoms with Crippen molar-refractivity contribution < 1.29 is 9.53 Å². The molecule has 1 aliphatic heterocycles. The van der Waals surface area contributed by atoms with Crippen LogP contribution in [0.2, 0.25) is 5.02 Å². The summed E-state index contributed by atoms with van der Waals surface area (Å²) in [5, 5.41) is 0.697. The molecule has 1 saturated heterocycles. The average molecular weight is 446 g/mol. The number of fused-ring (bicyclic) bond motifs is 1. The van der Waals surface area contributed by atoms with E-state index in [0.29, 0.717) is 24.6 Å². The Morgan fingerprint density at radius 2 is 1.72 bits per heavy atom. The lowest BCUT2D eigenvalue weighted by molar-refractivity contribution is -0.117. The Hall–Kier alpha value is -3.31. The van der Waals surface area contributed by atoms with Crippen LogP contribution < -0.4 is 9.64 Å². The van der Waals surface area contributed by atoms with Gasteiger partial charge in [0.25, 0.3) is 0 Å². The van der Waals surface area contributed by atoms with E-state index in [2.05, 4.69) is 10.6 Å². The number of aromatic nitrogens is 2. The van der Waals surface area contributed by atoms with E-state index in [-0.39, 0.29) is 11.8 Å². The molecule has 1 fully saturated rings. The Kier molecular flexibility index (Phi) is 5.82. The zero-order valence-electron chi connectivity index (χ0n) is 17.7. The number of halogens is 1. The van der Waals surface area contributed by atoms with Crippen LogP contribution in [0.25, 0.3) is 11.0 Å². The van der Waals surface area contributed by atoms with Gasteiger partial charge in [-0.25, -0.2) is 4.98 Å². The highest BCUT2D eigenvalue weighted by molar-refractivity contribution is 6.30. The Morgan fingerprint density at radius 3 is 2.53 bits per heavy atom. The number of nitrogens with zero attached hydrogens (tertiary/aromatic N) is 3. The molecule has 0 aliphatic carbocycles. The minimum atomic E-state index is 0.0623. The predicted molar refractivity (Wildman–Crippen MR) is 127 cm³/mol. The SMILES string of the molecule is O=C1CC(c2nc3ccccc3n2CCCOc2ccc(Cl)cc2)CN1c1ccccc1. The van der Waals surface area contributed by atoms with E-state index in [1.165, 1.54) is 0 Å². The zero-order chi connectivity index (χ0) is 21.9. The molecule has 1 aromatic heterocycles. The van der Waals surface area contributed by atoms with E-state index >= 15 is 0 Å². The Bertz CT molecular complexity index is 1220. The molecule has 162 valence electrons. The molecule has 1 unspecified atom stereocenters.